The molecule has 0 unspecified atom stereocenters. The SMILES string of the molecule is CN1CCCn2nc(C(=O)N3CC4(COC4)C3)c(Cl)c2C1. The lowest BCUT2D eigenvalue weighted by molar-refractivity contribution is -0.176. The molecule has 3 aliphatic heterocycles. The van der Waals surface area contributed by atoms with Gasteiger partial charge in [0.2, 0.25) is 0 Å². The van der Waals surface area contributed by atoms with Gasteiger partial charge in [-0.25, -0.2) is 0 Å². The Balaban J connectivity index is 1.55. The molecule has 7 heteroatoms. The van der Waals surface area contributed by atoms with Crippen LogP contribution in [0.25, 0.3) is 0 Å². The van der Waals surface area contributed by atoms with Crippen molar-refractivity contribution in [2.45, 2.75) is 19.5 Å². The molecule has 0 aliphatic carbocycles. The van der Waals surface area contributed by atoms with E-state index < -0.39 is 0 Å². The van der Waals surface area contributed by atoms with E-state index in [9.17, 15) is 4.79 Å². The molecule has 114 valence electrons. The molecule has 4 rings (SSSR count). The van der Waals surface area contributed by atoms with Gasteiger partial charge in [-0.3, -0.25) is 9.48 Å². The molecule has 2 fully saturated rings. The quantitative estimate of drug-likeness (QED) is 0.771. The fraction of sp³-hybridized carbons (Fsp3) is 0.714. The number of fused-ring (bicyclic) bond motifs is 1. The summed E-state index contributed by atoms with van der Waals surface area (Å²) in [7, 11) is 2.07. The van der Waals surface area contributed by atoms with Crippen LogP contribution in [0.15, 0.2) is 0 Å². The predicted octanol–water partition coefficient (Wildman–Crippen LogP) is 0.844. The van der Waals surface area contributed by atoms with E-state index in [2.05, 4.69) is 17.0 Å². The number of aromatic nitrogens is 2. The van der Waals surface area contributed by atoms with Crippen LogP contribution >= 0.6 is 11.6 Å². The number of ether oxygens (including phenoxy) is 1. The first-order valence-corrected chi connectivity index (χ1v) is 7.77. The summed E-state index contributed by atoms with van der Waals surface area (Å²) in [5.41, 5.74) is 1.60. The third-order valence-electron chi connectivity index (χ3n) is 4.68. The number of hydrogen-bond acceptors (Lipinski definition) is 4. The molecule has 0 saturated carbocycles. The van der Waals surface area contributed by atoms with Gasteiger partial charge in [0.05, 0.1) is 29.3 Å². The zero-order chi connectivity index (χ0) is 14.6. The molecule has 3 aliphatic rings. The fourth-order valence-electron chi connectivity index (χ4n) is 3.40. The number of carbonyl (C=O) groups is 1. The topological polar surface area (TPSA) is 50.6 Å². The van der Waals surface area contributed by atoms with Crippen molar-refractivity contribution in [3.63, 3.8) is 0 Å². The second-order valence-electron chi connectivity index (χ2n) is 6.58. The van der Waals surface area contributed by atoms with Crippen molar-refractivity contribution >= 4 is 17.5 Å². The van der Waals surface area contributed by atoms with Crippen molar-refractivity contribution in [1.82, 2.24) is 19.6 Å². The molecule has 0 radical (unpaired) electrons. The standard InChI is InChI=1S/C14H19ClN4O2/c1-17-3-2-4-19-10(5-17)11(15)12(16-19)13(20)18-6-14(7-18)8-21-9-14/h2-9H2,1H3. The summed E-state index contributed by atoms with van der Waals surface area (Å²) >= 11 is 6.44. The molecular formula is C14H19ClN4O2. The van der Waals surface area contributed by atoms with E-state index in [0.717, 1.165) is 58.1 Å². The lowest BCUT2D eigenvalue weighted by Crippen LogP contribution is -2.67. The van der Waals surface area contributed by atoms with Crippen molar-refractivity contribution in [3.8, 4) is 0 Å². The maximum absolute atomic E-state index is 12.6. The van der Waals surface area contributed by atoms with Crippen molar-refractivity contribution in [1.29, 1.82) is 0 Å². The number of rotatable bonds is 1. The zero-order valence-corrected chi connectivity index (χ0v) is 12.9. The Hall–Kier alpha value is -1.11. The average Bonchev–Trinajstić information content (AvgIpc) is 2.53. The lowest BCUT2D eigenvalue weighted by atomic mass is 9.78. The minimum Gasteiger partial charge on any atom is -0.380 e. The Kier molecular flexibility index (Phi) is 3.03. The van der Waals surface area contributed by atoms with Crippen LogP contribution in [0.5, 0.6) is 0 Å². The van der Waals surface area contributed by atoms with Gasteiger partial charge in [0.15, 0.2) is 5.69 Å². The Morgan fingerprint density at radius 2 is 2.10 bits per heavy atom. The summed E-state index contributed by atoms with van der Waals surface area (Å²) < 4.78 is 7.14. The molecule has 2 saturated heterocycles. The summed E-state index contributed by atoms with van der Waals surface area (Å²) in [5, 5.41) is 5.00. The highest BCUT2D eigenvalue weighted by molar-refractivity contribution is 6.34. The van der Waals surface area contributed by atoms with Gasteiger partial charge < -0.3 is 14.5 Å². The maximum atomic E-state index is 12.6. The van der Waals surface area contributed by atoms with Crippen LogP contribution in [-0.2, 0) is 17.8 Å². The van der Waals surface area contributed by atoms with E-state index in [1.54, 1.807) is 0 Å². The van der Waals surface area contributed by atoms with Crippen LogP contribution in [0.2, 0.25) is 5.02 Å². The van der Waals surface area contributed by atoms with Gasteiger partial charge in [0.25, 0.3) is 5.91 Å². The molecule has 1 spiro atoms. The van der Waals surface area contributed by atoms with Crippen LogP contribution in [0.1, 0.15) is 22.6 Å². The first-order chi connectivity index (χ1) is 10.1. The van der Waals surface area contributed by atoms with E-state index in [-0.39, 0.29) is 11.3 Å². The molecule has 1 amide bonds. The van der Waals surface area contributed by atoms with Gasteiger partial charge in [-0.15, -0.1) is 0 Å². The van der Waals surface area contributed by atoms with E-state index >= 15 is 0 Å². The summed E-state index contributed by atoms with van der Waals surface area (Å²) in [6.45, 7) is 5.68. The Bertz CT molecular complexity index is 588. The summed E-state index contributed by atoms with van der Waals surface area (Å²) in [6.07, 6.45) is 1.03. The summed E-state index contributed by atoms with van der Waals surface area (Å²) in [5.74, 6) is -0.0410. The van der Waals surface area contributed by atoms with Gasteiger partial charge >= 0.3 is 0 Å². The van der Waals surface area contributed by atoms with Crippen LogP contribution in [-0.4, -0.2) is 65.4 Å². The van der Waals surface area contributed by atoms with Crippen LogP contribution in [0.3, 0.4) is 0 Å². The molecule has 0 aromatic carbocycles. The predicted molar refractivity (Wildman–Crippen MR) is 77.3 cm³/mol. The van der Waals surface area contributed by atoms with Crippen LogP contribution < -0.4 is 0 Å². The van der Waals surface area contributed by atoms with Gasteiger partial charge in [-0.1, -0.05) is 11.6 Å². The first kappa shape index (κ1) is 13.5. The van der Waals surface area contributed by atoms with E-state index in [1.165, 1.54) is 0 Å². The van der Waals surface area contributed by atoms with Crippen molar-refractivity contribution < 1.29 is 9.53 Å². The smallest absolute Gasteiger partial charge is 0.275 e. The molecule has 1 aromatic heterocycles. The molecule has 4 heterocycles. The summed E-state index contributed by atoms with van der Waals surface area (Å²) in [4.78, 5) is 16.6. The highest BCUT2D eigenvalue weighted by Gasteiger charge is 2.51. The fourth-order valence-corrected chi connectivity index (χ4v) is 3.68. The zero-order valence-electron chi connectivity index (χ0n) is 12.1. The number of halogens is 1. The third kappa shape index (κ3) is 2.08. The molecule has 1 aromatic rings. The highest BCUT2D eigenvalue weighted by atomic mass is 35.5. The van der Waals surface area contributed by atoms with Crippen molar-refractivity contribution in [3.05, 3.63) is 16.4 Å². The minimum absolute atomic E-state index is 0.0410. The third-order valence-corrected chi connectivity index (χ3v) is 5.08. The number of hydrogen-bond donors (Lipinski definition) is 0. The second-order valence-corrected chi connectivity index (χ2v) is 6.96. The van der Waals surface area contributed by atoms with Crippen LogP contribution in [0.4, 0.5) is 0 Å². The Morgan fingerprint density at radius 3 is 2.76 bits per heavy atom. The lowest BCUT2D eigenvalue weighted by Gasteiger charge is -2.54. The number of aryl methyl sites for hydroxylation is 1. The summed E-state index contributed by atoms with van der Waals surface area (Å²) in [6, 6.07) is 0. The van der Waals surface area contributed by atoms with Gasteiger partial charge in [-0.05, 0) is 13.5 Å². The molecule has 6 nitrogen and oxygen atoms in total. The molecule has 21 heavy (non-hydrogen) atoms. The maximum Gasteiger partial charge on any atom is 0.275 e. The number of likely N-dealkylation sites (tertiary alicyclic amines) is 1. The van der Waals surface area contributed by atoms with Crippen molar-refractivity contribution in [2.75, 3.05) is 39.9 Å². The van der Waals surface area contributed by atoms with Gasteiger partial charge in [0, 0.05) is 32.7 Å². The van der Waals surface area contributed by atoms with Crippen molar-refractivity contribution in [2.24, 2.45) is 5.41 Å². The van der Waals surface area contributed by atoms with Gasteiger partial charge in [-0.2, -0.15) is 5.10 Å². The monoisotopic (exact) mass is 310 g/mol. The molecular weight excluding hydrogens is 292 g/mol. The van der Waals surface area contributed by atoms with Crippen LogP contribution in [0, 0.1) is 5.41 Å². The van der Waals surface area contributed by atoms with E-state index in [0.29, 0.717) is 10.7 Å². The largest absolute Gasteiger partial charge is 0.380 e. The second kappa shape index (κ2) is 4.69. The molecule has 0 atom stereocenters. The number of carbonyl (C=O) groups excluding carboxylic acids is 1. The number of amides is 1. The number of nitrogens with zero attached hydrogens (tertiary/aromatic N) is 4. The average molecular weight is 311 g/mol. The molecule has 0 bridgehead atoms. The first-order valence-electron chi connectivity index (χ1n) is 7.39. The Morgan fingerprint density at radius 1 is 1.33 bits per heavy atom. The molecule has 0 N–H and O–H groups in total. The Labute approximate surface area is 128 Å². The van der Waals surface area contributed by atoms with E-state index in [1.807, 2.05) is 9.58 Å². The van der Waals surface area contributed by atoms with E-state index in [4.69, 9.17) is 16.3 Å². The van der Waals surface area contributed by atoms with Gasteiger partial charge in [0.1, 0.15) is 0 Å². The minimum atomic E-state index is -0.0410. The normalized spacial score (nSPS) is 24.2. The highest BCUT2D eigenvalue weighted by Crippen LogP contribution is 2.39.